The molecule has 146 valence electrons. The molecule has 1 aromatic carbocycles. The van der Waals surface area contributed by atoms with Crippen molar-refractivity contribution in [2.24, 2.45) is 0 Å². The van der Waals surface area contributed by atoms with Gasteiger partial charge in [-0.05, 0) is 12.1 Å². The number of fused-ring (bicyclic) bond motifs is 1. The fraction of sp³-hybridized carbons (Fsp3) is 0.333. The van der Waals surface area contributed by atoms with E-state index in [1.54, 1.807) is 28.8 Å². The van der Waals surface area contributed by atoms with Crippen molar-refractivity contribution in [3.05, 3.63) is 42.2 Å². The average molecular weight is 385 g/mol. The molecule has 1 aliphatic rings. The Morgan fingerprint density at radius 2 is 2.14 bits per heavy atom. The van der Waals surface area contributed by atoms with Crippen molar-refractivity contribution in [2.75, 3.05) is 19.0 Å². The number of carbonyl (C=O) groups is 1. The van der Waals surface area contributed by atoms with Crippen LogP contribution in [0.2, 0.25) is 0 Å². The number of imidazole rings is 1. The number of benzene rings is 1. The van der Waals surface area contributed by atoms with Crippen LogP contribution < -0.4 is 10.1 Å². The van der Waals surface area contributed by atoms with E-state index in [2.05, 4.69) is 20.3 Å². The topological polar surface area (TPSA) is 132 Å². The van der Waals surface area contributed by atoms with Crippen LogP contribution in [0.3, 0.4) is 0 Å². The second-order valence-corrected chi connectivity index (χ2v) is 6.30. The van der Waals surface area contributed by atoms with E-state index in [9.17, 15) is 15.0 Å². The molecule has 1 aliphatic heterocycles. The predicted molar refractivity (Wildman–Crippen MR) is 97.9 cm³/mol. The molecule has 3 atom stereocenters. The minimum Gasteiger partial charge on any atom is -0.468 e. The Balaban J connectivity index is 1.71. The Morgan fingerprint density at radius 1 is 1.36 bits per heavy atom. The van der Waals surface area contributed by atoms with Crippen molar-refractivity contribution < 1.29 is 24.5 Å². The van der Waals surface area contributed by atoms with Gasteiger partial charge in [-0.15, -0.1) is 0 Å². The summed E-state index contributed by atoms with van der Waals surface area (Å²) in [5, 5.41) is 22.1. The van der Waals surface area contributed by atoms with Crippen LogP contribution in [0.4, 0.5) is 5.82 Å². The summed E-state index contributed by atoms with van der Waals surface area (Å²) >= 11 is 0. The Labute approximate surface area is 159 Å². The van der Waals surface area contributed by atoms with E-state index in [1.165, 1.54) is 13.4 Å². The van der Waals surface area contributed by atoms with E-state index < -0.39 is 18.4 Å². The van der Waals surface area contributed by atoms with E-state index in [0.717, 1.165) is 0 Å². The molecule has 3 aromatic rings. The highest BCUT2D eigenvalue weighted by Crippen LogP contribution is 2.35. The Kier molecular flexibility index (Phi) is 4.90. The molecule has 0 aliphatic carbocycles. The van der Waals surface area contributed by atoms with Gasteiger partial charge in [-0.25, -0.2) is 9.97 Å². The number of aliphatic hydroxyl groups excluding tert-OH is 2. The molecule has 1 saturated heterocycles. The van der Waals surface area contributed by atoms with Gasteiger partial charge in [0, 0.05) is 12.0 Å². The van der Waals surface area contributed by atoms with Crippen LogP contribution in [0.25, 0.3) is 11.2 Å². The Morgan fingerprint density at radius 3 is 2.82 bits per heavy atom. The lowest BCUT2D eigenvalue weighted by molar-refractivity contribution is -0.0450. The van der Waals surface area contributed by atoms with Gasteiger partial charge in [0.15, 0.2) is 17.0 Å². The molecule has 1 fully saturated rings. The SMILES string of the molecule is COc1nc2c(NC(=O)c3ccccc3)ncnc2n1[C@H]1C[C@H](O)[C@@H](CO)O1. The van der Waals surface area contributed by atoms with Crippen LogP contribution in [-0.4, -0.2) is 61.6 Å². The van der Waals surface area contributed by atoms with Crippen molar-refractivity contribution in [3.63, 3.8) is 0 Å². The number of hydrogen-bond donors (Lipinski definition) is 3. The van der Waals surface area contributed by atoms with E-state index in [4.69, 9.17) is 9.47 Å². The molecule has 3 N–H and O–H groups in total. The van der Waals surface area contributed by atoms with Crippen LogP contribution in [0, 0.1) is 0 Å². The van der Waals surface area contributed by atoms with E-state index in [0.29, 0.717) is 16.7 Å². The maximum absolute atomic E-state index is 12.5. The molecule has 28 heavy (non-hydrogen) atoms. The highest BCUT2D eigenvalue weighted by atomic mass is 16.5. The monoisotopic (exact) mass is 385 g/mol. The standard InChI is InChI=1S/C18H19N5O5/c1-27-18-21-14-15(22-17(26)10-5-3-2-4-6-10)19-9-20-16(14)23(18)13-7-11(25)12(8-24)28-13/h2-6,9,11-13,24-25H,7-8H2,1H3,(H,19,20,22,26)/t11-,12+,13+/m0/s1. The molecule has 0 bridgehead atoms. The number of nitrogens with one attached hydrogen (secondary N) is 1. The minimum atomic E-state index is -0.823. The molecule has 0 saturated carbocycles. The smallest absolute Gasteiger partial charge is 0.300 e. The van der Waals surface area contributed by atoms with Gasteiger partial charge in [-0.1, -0.05) is 18.2 Å². The number of carbonyl (C=O) groups excluding carboxylic acids is 1. The van der Waals surface area contributed by atoms with Crippen LogP contribution in [0.5, 0.6) is 6.01 Å². The third-order valence-electron chi connectivity index (χ3n) is 4.57. The number of methoxy groups -OCH3 is 1. The number of ether oxygens (including phenoxy) is 2. The summed E-state index contributed by atoms with van der Waals surface area (Å²) in [5.41, 5.74) is 1.19. The zero-order chi connectivity index (χ0) is 19.7. The van der Waals surface area contributed by atoms with Crippen molar-refractivity contribution in [1.82, 2.24) is 19.5 Å². The number of rotatable bonds is 5. The summed E-state index contributed by atoms with van der Waals surface area (Å²) in [4.78, 5) is 25.2. The molecular weight excluding hydrogens is 366 g/mol. The molecule has 4 rings (SSSR count). The first-order chi connectivity index (χ1) is 13.6. The largest absolute Gasteiger partial charge is 0.468 e. The molecule has 0 radical (unpaired) electrons. The van der Waals surface area contributed by atoms with E-state index in [-0.39, 0.29) is 30.8 Å². The fourth-order valence-electron chi connectivity index (χ4n) is 3.19. The number of amides is 1. The van der Waals surface area contributed by atoms with Crippen LogP contribution in [0.1, 0.15) is 23.0 Å². The summed E-state index contributed by atoms with van der Waals surface area (Å²) in [7, 11) is 1.45. The normalized spacial score (nSPS) is 21.8. The highest BCUT2D eigenvalue weighted by molar-refractivity contribution is 6.06. The average Bonchev–Trinajstić information content (AvgIpc) is 3.28. The Bertz CT molecular complexity index is 993. The summed E-state index contributed by atoms with van der Waals surface area (Å²) in [6.45, 7) is -0.306. The first-order valence-electron chi connectivity index (χ1n) is 8.70. The van der Waals surface area contributed by atoms with Gasteiger partial charge >= 0.3 is 6.01 Å². The lowest BCUT2D eigenvalue weighted by atomic mass is 10.2. The maximum atomic E-state index is 12.5. The number of anilines is 1. The molecule has 10 heteroatoms. The van der Waals surface area contributed by atoms with Crippen LogP contribution in [-0.2, 0) is 4.74 Å². The number of hydrogen-bond acceptors (Lipinski definition) is 8. The zero-order valence-corrected chi connectivity index (χ0v) is 15.0. The van der Waals surface area contributed by atoms with Crippen LogP contribution in [0.15, 0.2) is 36.7 Å². The van der Waals surface area contributed by atoms with Crippen molar-refractivity contribution in [1.29, 1.82) is 0 Å². The number of aliphatic hydroxyl groups is 2. The molecule has 0 spiro atoms. The summed E-state index contributed by atoms with van der Waals surface area (Å²) in [6, 6.07) is 8.93. The highest BCUT2D eigenvalue weighted by Gasteiger charge is 2.37. The molecular formula is C18H19N5O5. The fourth-order valence-corrected chi connectivity index (χ4v) is 3.19. The summed E-state index contributed by atoms with van der Waals surface area (Å²) < 4.78 is 12.6. The predicted octanol–water partition coefficient (Wildman–Crippen LogP) is 0.728. The van der Waals surface area contributed by atoms with E-state index in [1.807, 2.05) is 6.07 Å². The number of nitrogens with zero attached hydrogens (tertiary/aromatic N) is 4. The quantitative estimate of drug-likeness (QED) is 0.586. The van der Waals surface area contributed by atoms with Crippen molar-refractivity contribution >= 4 is 22.9 Å². The third kappa shape index (κ3) is 3.17. The first-order valence-corrected chi connectivity index (χ1v) is 8.70. The summed E-state index contributed by atoms with van der Waals surface area (Å²) in [5.74, 6) is -0.102. The lowest BCUT2D eigenvalue weighted by Crippen LogP contribution is -2.24. The van der Waals surface area contributed by atoms with E-state index >= 15 is 0 Å². The van der Waals surface area contributed by atoms with Gasteiger partial charge in [0.25, 0.3) is 5.91 Å². The molecule has 2 aromatic heterocycles. The van der Waals surface area contributed by atoms with Gasteiger partial charge in [0.1, 0.15) is 18.7 Å². The van der Waals surface area contributed by atoms with Crippen LogP contribution >= 0.6 is 0 Å². The second kappa shape index (κ2) is 7.50. The van der Waals surface area contributed by atoms with Gasteiger partial charge < -0.3 is 25.0 Å². The van der Waals surface area contributed by atoms with Gasteiger partial charge in [-0.2, -0.15) is 4.98 Å². The molecule has 3 heterocycles. The Hall–Kier alpha value is -3.08. The van der Waals surface area contributed by atoms with Gasteiger partial charge in [0.2, 0.25) is 0 Å². The first kappa shape index (κ1) is 18.3. The van der Waals surface area contributed by atoms with Gasteiger partial charge in [0.05, 0.1) is 19.8 Å². The number of aromatic nitrogens is 4. The summed E-state index contributed by atoms with van der Waals surface area (Å²) in [6.07, 6.45) is -0.611. The lowest BCUT2D eigenvalue weighted by Gasteiger charge is -2.15. The molecule has 10 nitrogen and oxygen atoms in total. The third-order valence-corrected chi connectivity index (χ3v) is 4.57. The second-order valence-electron chi connectivity index (χ2n) is 6.30. The maximum Gasteiger partial charge on any atom is 0.300 e. The zero-order valence-electron chi connectivity index (χ0n) is 15.0. The van der Waals surface area contributed by atoms with Crippen molar-refractivity contribution in [3.8, 4) is 6.01 Å². The molecule has 0 unspecified atom stereocenters. The molecule has 1 amide bonds. The minimum absolute atomic E-state index is 0.196. The van der Waals surface area contributed by atoms with Gasteiger partial charge in [-0.3, -0.25) is 9.36 Å². The van der Waals surface area contributed by atoms with Crippen molar-refractivity contribution in [2.45, 2.75) is 24.9 Å².